The Labute approximate surface area is 200 Å². The molecule has 0 fully saturated rings. The molecule has 0 N–H and O–H groups in total. The van der Waals surface area contributed by atoms with Gasteiger partial charge in [0.25, 0.3) is 5.91 Å². The Hall–Kier alpha value is -3.61. The second-order valence-corrected chi connectivity index (χ2v) is 7.97. The Morgan fingerprint density at radius 3 is 2.76 bits per heavy atom. The van der Waals surface area contributed by atoms with Crippen molar-refractivity contribution in [3.8, 4) is 11.3 Å². The minimum absolute atomic E-state index is 0.0823. The number of carbonyl (C=O) groups is 2. The number of ether oxygens (including phenoxy) is 1. The number of nitrogens with zero attached hydrogens (tertiary/aromatic N) is 2. The molecule has 0 saturated heterocycles. The third kappa shape index (κ3) is 4.77. The van der Waals surface area contributed by atoms with Crippen molar-refractivity contribution in [2.45, 2.75) is 6.92 Å². The van der Waals surface area contributed by atoms with Crippen molar-refractivity contribution in [1.82, 2.24) is 0 Å². The first-order chi connectivity index (χ1) is 15.9. The molecule has 0 spiro atoms. The van der Waals surface area contributed by atoms with E-state index in [-0.39, 0.29) is 23.1 Å². The number of anilines is 1. The van der Waals surface area contributed by atoms with E-state index in [9.17, 15) is 9.59 Å². The van der Waals surface area contributed by atoms with Gasteiger partial charge in [0.1, 0.15) is 18.1 Å². The van der Waals surface area contributed by atoms with Gasteiger partial charge in [-0.3, -0.25) is 4.79 Å². The molecule has 166 valence electrons. The summed E-state index contributed by atoms with van der Waals surface area (Å²) >= 11 is 12.2. The minimum atomic E-state index is -0.555. The lowest BCUT2D eigenvalue weighted by atomic mass is 10.1. The number of amides is 1. The highest BCUT2D eigenvalue weighted by atomic mass is 35.5. The van der Waals surface area contributed by atoms with Gasteiger partial charge in [-0.1, -0.05) is 41.9 Å². The average molecular weight is 481 g/mol. The molecule has 33 heavy (non-hydrogen) atoms. The van der Waals surface area contributed by atoms with Crippen molar-refractivity contribution in [2.75, 3.05) is 11.6 Å². The molecule has 1 aliphatic heterocycles. The number of hydrogen-bond donors (Lipinski definition) is 0. The van der Waals surface area contributed by atoms with E-state index in [4.69, 9.17) is 32.4 Å². The van der Waals surface area contributed by atoms with Gasteiger partial charge < -0.3 is 9.15 Å². The van der Waals surface area contributed by atoms with Crippen LogP contribution < -0.4 is 5.01 Å². The van der Waals surface area contributed by atoms with E-state index in [1.165, 1.54) is 11.1 Å². The molecule has 0 unspecified atom stereocenters. The first kappa shape index (κ1) is 22.6. The molecular formula is C25H18Cl2N2O4. The lowest BCUT2D eigenvalue weighted by molar-refractivity contribution is -0.114. The zero-order valence-corrected chi connectivity index (χ0v) is 19.1. The van der Waals surface area contributed by atoms with E-state index in [0.29, 0.717) is 39.1 Å². The van der Waals surface area contributed by atoms with Crippen LogP contribution in [0.15, 0.2) is 82.3 Å². The quantitative estimate of drug-likeness (QED) is 0.232. The van der Waals surface area contributed by atoms with Gasteiger partial charge in [0.15, 0.2) is 0 Å². The van der Waals surface area contributed by atoms with Gasteiger partial charge in [0.05, 0.1) is 27.6 Å². The van der Waals surface area contributed by atoms with Gasteiger partial charge >= 0.3 is 5.97 Å². The fourth-order valence-corrected chi connectivity index (χ4v) is 3.62. The fraction of sp³-hybridized carbons (Fsp3) is 0.0800. The van der Waals surface area contributed by atoms with Crippen molar-refractivity contribution in [3.63, 3.8) is 0 Å². The molecule has 8 heteroatoms. The predicted octanol–water partition coefficient (Wildman–Crippen LogP) is 6.40. The van der Waals surface area contributed by atoms with Crippen LogP contribution in [0.2, 0.25) is 10.0 Å². The highest BCUT2D eigenvalue weighted by Gasteiger charge is 2.29. The Bertz CT molecular complexity index is 1320. The lowest BCUT2D eigenvalue weighted by Gasteiger charge is -2.11. The van der Waals surface area contributed by atoms with Crippen LogP contribution in [-0.4, -0.2) is 24.2 Å². The van der Waals surface area contributed by atoms with E-state index in [1.807, 2.05) is 0 Å². The summed E-state index contributed by atoms with van der Waals surface area (Å²) in [5.41, 5.74) is 2.39. The maximum Gasteiger partial charge on any atom is 0.339 e. The third-order valence-corrected chi connectivity index (χ3v) is 5.40. The molecular weight excluding hydrogens is 463 g/mol. The largest absolute Gasteiger partial charge is 0.458 e. The molecule has 0 radical (unpaired) electrons. The SMILES string of the molecule is C=CCOC(=O)c1cc(-c2ccc(/C=C3/C(=O)N(c4cccc(Cl)c4)N=C3C)o2)ccc1Cl. The lowest BCUT2D eigenvalue weighted by Crippen LogP contribution is -2.21. The standard InChI is InChI=1S/C25H18Cl2N2O4/c1-3-11-32-25(31)21-12-16(7-9-22(21)27)23-10-8-19(33-23)14-20-15(2)28-29(24(20)30)18-6-4-5-17(26)13-18/h3-10,12-14H,1,11H2,2H3/b20-14+. The summed E-state index contributed by atoms with van der Waals surface area (Å²) < 4.78 is 11.0. The molecule has 3 aromatic rings. The maximum atomic E-state index is 12.9. The Morgan fingerprint density at radius 2 is 2.00 bits per heavy atom. The maximum absolute atomic E-state index is 12.9. The summed E-state index contributed by atoms with van der Waals surface area (Å²) in [6, 6.07) is 15.3. The zero-order valence-electron chi connectivity index (χ0n) is 17.5. The summed E-state index contributed by atoms with van der Waals surface area (Å²) in [6.07, 6.45) is 3.11. The van der Waals surface area contributed by atoms with E-state index in [1.54, 1.807) is 67.6 Å². The van der Waals surface area contributed by atoms with Crippen molar-refractivity contribution in [2.24, 2.45) is 5.10 Å². The molecule has 1 amide bonds. The van der Waals surface area contributed by atoms with Gasteiger partial charge in [0, 0.05) is 10.6 Å². The monoisotopic (exact) mass is 480 g/mol. The molecule has 6 nitrogen and oxygen atoms in total. The van der Waals surface area contributed by atoms with Crippen LogP contribution in [0.1, 0.15) is 23.0 Å². The number of halogens is 2. The van der Waals surface area contributed by atoms with Crippen LogP contribution in [0, 0.1) is 0 Å². The van der Waals surface area contributed by atoms with E-state index >= 15 is 0 Å². The summed E-state index contributed by atoms with van der Waals surface area (Å²) in [6.45, 7) is 5.35. The minimum Gasteiger partial charge on any atom is -0.458 e. The molecule has 0 bridgehead atoms. The van der Waals surface area contributed by atoms with Gasteiger partial charge in [0.2, 0.25) is 0 Å². The number of hydrazone groups is 1. The molecule has 1 aromatic heterocycles. The van der Waals surface area contributed by atoms with Gasteiger partial charge in [-0.25, -0.2) is 4.79 Å². The van der Waals surface area contributed by atoms with Gasteiger partial charge in [-0.05, 0) is 61.5 Å². The molecule has 0 atom stereocenters. The zero-order chi connectivity index (χ0) is 23.5. The Balaban J connectivity index is 1.59. The number of hydrogen-bond acceptors (Lipinski definition) is 5. The first-order valence-electron chi connectivity index (χ1n) is 9.92. The highest BCUT2D eigenvalue weighted by Crippen LogP contribution is 2.30. The third-order valence-electron chi connectivity index (χ3n) is 4.83. The topological polar surface area (TPSA) is 72.1 Å². The molecule has 0 aliphatic carbocycles. The van der Waals surface area contributed by atoms with Gasteiger partial charge in [-0.2, -0.15) is 10.1 Å². The summed E-state index contributed by atoms with van der Waals surface area (Å²) in [5, 5.41) is 6.43. The van der Waals surface area contributed by atoms with E-state index < -0.39 is 5.97 Å². The number of furan rings is 1. The summed E-state index contributed by atoms with van der Waals surface area (Å²) in [5.74, 6) is 0.121. The fourth-order valence-electron chi connectivity index (χ4n) is 3.24. The molecule has 1 aliphatic rings. The van der Waals surface area contributed by atoms with Crippen LogP contribution in [0.25, 0.3) is 17.4 Å². The molecule has 4 rings (SSSR count). The molecule has 2 heterocycles. The smallest absolute Gasteiger partial charge is 0.339 e. The first-order valence-corrected chi connectivity index (χ1v) is 10.7. The number of rotatable bonds is 6. The normalized spacial score (nSPS) is 14.5. The molecule has 2 aromatic carbocycles. The number of esters is 1. The second kappa shape index (κ2) is 9.48. The Morgan fingerprint density at radius 1 is 1.18 bits per heavy atom. The van der Waals surface area contributed by atoms with Gasteiger partial charge in [-0.15, -0.1) is 0 Å². The molecule has 0 saturated carbocycles. The van der Waals surface area contributed by atoms with E-state index in [0.717, 1.165) is 0 Å². The van der Waals surface area contributed by atoms with E-state index in [2.05, 4.69) is 11.7 Å². The van der Waals surface area contributed by atoms with Crippen LogP contribution in [0.4, 0.5) is 5.69 Å². The van der Waals surface area contributed by atoms with Crippen LogP contribution in [-0.2, 0) is 9.53 Å². The average Bonchev–Trinajstić information content (AvgIpc) is 3.38. The van der Waals surface area contributed by atoms with Crippen molar-refractivity contribution in [3.05, 3.63) is 94.2 Å². The van der Waals surface area contributed by atoms with Crippen molar-refractivity contribution < 1.29 is 18.7 Å². The van der Waals surface area contributed by atoms with Crippen LogP contribution in [0.5, 0.6) is 0 Å². The summed E-state index contributed by atoms with van der Waals surface area (Å²) in [4.78, 5) is 25.2. The number of carbonyl (C=O) groups excluding carboxylic acids is 2. The van der Waals surface area contributed by atoms with Crippen molar-refractivity contribution in [1.29, 1.82) is 0 Å². The van der Waals surface area contributed by atoms with Crippen LogP contribution >= 0.6 is 23.2 Å². The van der Waals surface area contributed by atoms with Crippen LogP contribution in [0.3, 0.4) is 0 Å². The number of benzene rings is 2. The summed E-state index contributed by atoms with van der Waals surface area (Å²) in [7, 11) is 0. The second-order valence-electron chi connectivity index (χ2n) is 7.12. The predicted molar refractivity (Wildman–Crippen MR) is 130 cm³/mol. The Kier molecular flexibility index (Phi) is 6.49. The van der Waals surface area contributed by atoms with Crippen molar-refractivity contribution >= 4 is 52.6 Å². The highest BCUT2D eigenvalue weighted by molar-refractivity contribution is 6.34.